The van der Waals surface area contributed by atoms with Crippen LogP contribution in [-0.4, -0.2) is 18.5 Å². The van der Waals surface area contributed by atoms with Crippen LogP contribution in [0.1, 0.15) is 26.7 Å². The van der Waals surface area contributed by atoms with Gasteiger partial charge in [-0.2, -0.15) is 0 Å². The summed E-state index contributed by atoms with van der Waals surface area (Å²) in [6.45, 7) is 4.49. The molecule has 3 heteroatoms. The minimum absolute atomic E-state index is 0.139. The molecule has 0 bridgehead atoms. The highest BCUT2D eigenvalue weighted by Crippen LogP contribution is 2.04. The lowest BCUT2D eigenvalue weighted by molar-refractivity contribution is -0.143. The first-order valence-corrected chi connectivity index (χ1v) is 4.42. The average molecular weight is 179 g/mol. The van der Waals surface area contributed by atoms with Crippen LogP contribution < -0.4 is 0 Å². The summed E-state index contributed by atoms with van der Waals surface area (Å²) < 4.78 is 4.77. The Hall–Kier alpha value is -0.240. The second kappa shape index (κ2) is 6.47. The van der Waals surface area contributed by atoms with E-state index < -0.39 is 0 Å². The maximum absolute atomic E-state index is 10.8. The summed E-state index contributed by atoms with van der Waals surface area (Å²) in [6, 6.07) is 0. The average Bonchev–Trinajstić information content (AvgIpc) is 1.97. The summed E-state index contributed by atoms with van der Waals surface area (Å²) >= 11 is 5.33. The Morgan fingerprint density at radius 3 is 2.64 bits per heavy atom. The van der Waals surface area contributed by atoms with Crippen molar-refractivity contribution in [3.8, 4) is 0 Å². The predicted molar refractivity (Wildman–Crippen MR) is 45.8 cm³/mol. The smallest absolute Gasteiger partial charge is 0.305 e. The minimum Gasteiger partial charge on any atom is -0.464 e. The lowest BCUT2D eigenvalue weighted by atomic mass is 10.1. The normalized spacial score (nSPS) is 10.2. The highest BCUT2D eigenvalue weighted by molar-refractivity contribution is 6.18. The van der Waals surface area contributed by atoms with Crippen LogP contribution in [0.5, 0.6) is 0 Å². The number of carbonyl (C=O) groups is 1. The van der Waals surface area contributed by atoms with Gasteiger partial charge in [0.1, 0.15) is 6.61 Å². The summed E-state index contributed by atoms with van der Waals surface area (Å²) in [5.41, 5.74) is 0. The molecule has 0 aliphatic heterocycles. The molecule has 0 unspecified atom stereocenters. The van der Waals surface area contributed by atoms with Crippen LogP contribution in [0.4, 0.5) is 0 Å². The first-order chi connectivity index (χ1) is 5.16. The van der Waals surface area contributed by atoms with Crippen LogP contribution in [0.25, 0.3) is 0 Å². The molecular weight excluding hydrogens is 164 g/mol. The van der Waals surface area contributed by atoms with Crippen LogP contribution >= 0.6 is 11.6 Å². The van der Waals surface area contributed by atoms with Crippen molar-refractivity contribution in [2.24, 2.45) is 5.92 Å². The lowest BCUT2D eigenvalue weighted by Gasteiger charge is -2.03. The summed E-state index contributed by atoms with van der Waals surface area (Å²) in [7, 11) is 0. The summed E-state index contributed by atoms with van der Waals surface area (Å²) in [5, 5.41) is 0. The van der Waals surface area contributed by atoms with E-state index in [1.165, 1.54) is 0 Å². The SMILES string of the molecule is CC(C)CCC(=O)OCCCl. The third-order valence-corrected chi connectivity index (χ3v) is 1.42. The molecule has 0 fully saturated rings. The zero-order valence-electron chi connectivity index (χ0n) is 7.10. The van der Waals surface area contributed by atoms with Gasteiger partial charge in [-0.1, -0.05) is 13.8 Å². The molecule has 0 atom stereocenters. The highest BCUT2D eigenvalue weighted by Gasteiger charge is 2.03. The number of halogens is 1. The molecular formula is C8H15ClO2. The van der Waals surface area contributed by atoms with Crippen molar-refractivity contribution >= 4 is 17.6 Å². The standard InChI is InChI=1S/C8H15ClO2/c1-7(2)3-4-8(10)11-6-5-9/h7H,3-6H2,1-2H3. The maximum Gasteiger partial charge on any atom is 0.305 e. The molecule has 0 amide bonds. The molecule has 0 saturated carbocycles. The van der Waals surface area contributed by atoms with E-state index in [-0.39, 0.29) is 5.97 Å². The van der Waals surface area contributed by atoms with Gasteiger partial charge in [0.2, 0.25) is 0 Å². The molecule has 0 heterocycles. The van der Waals surface area contributed by atoms with Gasteiger partial charge in [-0.05, 0) is 12.3 Å². The maximum atomic E-state index is 10.8. The van der Waals surface area contributed by atoms with Gasteiger partial charge < -0.3 is 4.74 Å². The Morgan fingerprint density at radius 1 is 1.55 bits per heavy atom. The predicted octanol–water partition coefficient (Wildman–Crippen LogP) is 2.20. The van der Waals surface area contributed by atoms with Crippen molar-refractivity contribution in [3.05, 3.63) is 0 Å². The van der Waals surface area contributed by atoms with Crippen LogP contribution in [0, 0.1) is 5.92 Å². The van der Waals surface area contributed by atoms with E-state index in [1.54, 1.807) is 0 Å². The van der Waals surface area contributed by atoms with Crippen molar-refractivity contribution in [3.63, 3.8) is 0 Å². The fraction of sp³-hybridized carbons (Fsp3) is 0.875. The molecule has 11 heavy (non-hydrogen) atoms. The first-order valence-electron chi connectivity index (χ1n) is 3.88. The molecule has 0 spiro atoms. The topological polar surface area (TPSA) is 26.3 Å². The molecule has 0 aromatic heterocycles. The Kier molecular flexibility index (Phi) is 6.33. The Bertz CT molecular complexity index is 113. The summed E-state index contributed by atoms with van der Waals surface area (Å²) in [6.07, 6.45) is 1.40. The molecule has 66 valence electrons. The molecule has 0 N–H and O–H groups in total. The monoisotopic (exact) mass is 178 g/mol. The number of ether oxygens (including phenoxy) is 1. The minimum atomic E-state index is -0.139. The summed E-state index contributed by atoms with van der Waals surface area (Å²) in [4.78, 5) is 10.8. The van der Waals surface area contributed by atoms with E-state index in [1.807, 2.05) is 0 Å². The third kappa shape index (κ3) is 7.66. The van der Waals surface area contributed by atoms with Gasteiger partial charge in [-0.3, -0.25) is 4.79 Å². The van der Waals surface area contributed by atoms with Gasteiger partial charge in [-0.25, -0.2) is 0 Å². The second-order valence-electron chi connectivity index (χ2n) is 2.84. The van der Waals surface area contributed by atoms with E-state index in [4.69, 9.17) is 16.3 Å². The van der Waals surface area contributed by atoms with Gasteiger partial charge in [0, 0.05) is 6.42 Å². The van der Waals surface area contributed by atoms with Crippen molar-refractivity contribution in [1.29, 1.82) is 0 Å². The number of esters is 1. The largest absolute Gasteiger partial charge is 0.464 e. The number of rotatable bonds is 5. The van der Waals surface area contributed by atoms with Crippen molar-refractivity contribution in [1.82, 2.24) is 0 Å². The van der Waals surface area contributed by atoms with Crippen molar-refractivity contribution < 1.29 is 9.53 Å². The lowest BCUT2D eigenvalue weighted by Crippen LogP contribution is -2.07. The molecule has 0 radical (unpaired) electrons. The van der Waals surface area contributed by atoms with Gasteiger partial charge in [0.15, 0.2) is 0 Å². The van der Waals surface area contributed by atoms with Gasteiger partial charge >= 0.3 is 5.97 Å². The van der Waals surface area contributed by atoms with E-state index in [9.17, 15) is 4.79 Å². The highest BCUT2D eigenvalue weighted by atomic mass is 35.5. The number of carbonyl (C=O) groups excluding carboxylic acids is 1. The van der Waals surface area contributed by atoms with Gasteiger partial charge in [0.05, 0.1) is 5.88 Å². The molecule has 2 nitrogen and oxygen atoms in total. The zero-order chi connectivity index (χ0) is 8.69. The van der Waals surface area contributed by atoms with E-state index in [0.29, 0.717) is 24.8 Å². The van der Waals surface area contributed by atoms with E-state index >= 15 is 0 Å². The van der Waals surface area contributed by atoms with Crippen molar-refractivity contribution in [2.75, 3.05) is 12.5 Å². The Balaban J connectivity index is 3.23. The Morgan fingerprint density at radius 2 is 2.18 bits per heavy atom. The molecule has 0 rings (SSSR count). The van der Waals surface area contributed by atoms with Gasteiger partial charge in [-0.15, -0.1) is 11.6 Å². The van der Waals surface area contributed by atoms with Crippen LogP contribution in [0.3, 0.4) is 0 Å². The van der Waals surface area contributed by atoms with E-state index in [2.05, 4.69) is 13.8 Å². The molecule has 0 saturated heterocycles. The summed E-state index contributed by atoms with van der Waals surface area (Å²) in [5.74, 6) is 0.797. The number of alkyl halides is 1. The fourth-order valence-electron chi connectivity index (χ4n) is 0.631. The molecule has 0 aliphatic carbocycles. The third-order valence-electron chi connectivity index (χ3n) is 1.27. The number of hydrogen-bond donors (Lipinski definition) is 0. The van der Waals surface area contributed by atoms with Crippen LogP contribution in [0.2, 0.25) is 0 Å². The Labute approximate surface area is 72.9 Å². The zero-order valence-corrected chi connectivity index (χ0v) is 7.86. The second-order valence-corrected chi connectivity index (χ2v) is 3.22. The number of hydrogen-bond acceptors (Lipinski definition) is 2. The molecule has 0 aromatic carbocycles. The van der Waals surface area contributed by atoms with E-state index in [0.717, 1.165) is 6.42 Å². The fourth-order valence-corrected chi connectivity index (χ4v) is 0.708. The molecule has 0 aromatic rings. The van der Waals surface area contributed by atoms with Crippen LogP contribution in [0.15, 0.2) is 0 Å². The van der Waals surface area contributed by atoms with Crippen molar-refractivity contribution in [2.45, 2.75) is 26.7 Å². The quantitative estimate of drug-likeness (QED) is 0.477. The first kappa shape index (κ1) is 10.8. The van der Waals surface area contributed by atoms with Crippen LogP contribution in [-0.2, 0) is 9.53 Å². The van der Waals surface area contributed by atoms with Gasteiger partial charge in [0.25, 0.3) is 0 Å². The molecule has 0 aliphatic rings.